The highest BCUT2D eigenvalue weighted by atomic mass is 32.2. The van der Waals surface area contributed by atoms with Gasteiger partial charge in [-0.25, -0.2) is 16.8 Å². The number of aliphatic hydroxyl groups excluding tert-OH is 2. The number of phenols is 4. The molecule has 8 rings (SSSR count). The molecule has 2 aliphatic carbocycles. The number of fused-ring (bicyclic) bond motifs is 4. The highest BCUT2D eigenvalue weighted by Crippen LogP contribution is 2.54. The first-order valence-corrected chi connectivity index (χ1v) is 23.7. The lowest BCUT2D eigenvalue weighted by atomic mass is 9.75. The smallest absolute Gasteiger partial charge is 0.229 e. The van der Waals surface area contributed by atoms with Crippen LogP contribution in [0.1, 0.15) is 61.1 Å². The Kier molecular flexibility index (Phi) is 11.4. The van der Waals surface area contributed by atoms with Crippen molar-refractivity contribution in [3.05, 3.63) is 130 Å². The van der Waals surface area contributed by atoms with E-state index in [2.05, 4.69) is 10.6 Å². The maximum atomic E-state index is 14.2. The van der Waals surface area contributed by atoms with Gasteiger partial charge in [-0.05, 0) is 66.1 Å². The summed E-state index contributed by atoms with van der Waals surface area (Å²) in [6, 6.07) is 16.0. The van der Waals surface area contributed by atoms with E-state index >= 15 is 0 Å². The molecule has 0 atom stereocenters. The van der Waals surface area contributed by atoms with Crippen LogP contribution in [0.3, 0.4) is 0 Å². The van der Waals surface area contributed by atoms with Crippen LogP contribution in [-0.2, 0) is 29.8 Å². The summed E-state index contributed by atoms with van der Waals surface area (Å²) < 4.78 is 72.8. The first kappa shape index (κ1) is 46.9. The van der Waals surface area contributed by atoms with Gasteiger partial charge >= 0.3 is 0 Å². The molecule has 0 radical (unpaired) electrons. The van der Waals surface area contributed by atoms with Crippen LogP contribution >= 0.6 is 0 Å². The quantitative estimate of drug-likeness (QED) is 0.0381. The van der Waals surface area contributed by atoms with E-state index in [1.54, 1.807) is 53.7 Å². The van der Waals surface area contributed by atoms with Crippen molar-refractivity contribution < 1.29 is 66.2 Å². The molecule has 0 bridgehead atoms. The molecule has 0 aromatic heterocycles. The third kappa shape index (κ3) is 7.47. The Morgan fingerprint density at radius 3 is 1.37 bits per heavy atom. The molecule has 6 aromatic carbocycles. The molecule has 0 amide bonds. The van der Waals surface area contributed by atoms with Gasteiger partial charge in [0.25, 0.3) is 0 Å². The van der Waals surface area contributed by atoms with Crippen molar-refractivity contribution in [3.8, 4) is 34.1 Å². The summed E-state index contributed by atoms with van der Waals surface area (Å²) in [5.74, 6) is -6.33. The number of aliphatic hydroxyl groups is 2. The fraction of sp³-hybridized carbons (Fsp3) is 0.160. The van der Waals surface area contributed by atoms with E-state index in [-0.39, 0.29) is 88.6 Å². The van der Waals surface area contributed by atoms with Gasteiger partial charge in [0.15, 0.2) is 11.5 Å². The number of anilines is 2. The Morgan fingerprint density at radius 2 is 0.926 bits per heavy atom. The number of carbonyl (C=O) groups excluding carboxylic acids is 2. The molecule has 16 nitrogen and oxygen atoms in total. The number of carbonyl (C=O) groups is 2. The third-order valence-electron chi connectivity index (χ3n) is 12.2. The van der Waals surface area contributed by atoms with Gasteiger partial charge in [-0.3, -0.25) is 9.59 Å². The predicted octanol–water partition coefficient (Wildman–Crippen LogP) is 8.83. The van der Waals surface area contributed by atoms with Gasteiger partial charge in [-0.2, -0.15) is 0 Å². The van der Waals surface area contributed by atoms with Crippen LogP contribution in [0.5, 0.6) is 23.0 Å². The summed E-state index contributed by atoms with van der Waals surface area (Å²) in [5, 5.41) is 75.8. The number of ketones is 2. The lowest BCUT2D eigenvalue weighted by molar-refractivity contribution is -0.113. The van der Waals surface area contributed by atoms with Crippen molar-refractivity contribution in [2.45, 2.75) is 51.3 Å². The van der Waals surface area contributed by atoms with Crippen molar-refractivity contribution in [1.82, 2.24) is 0 Å². The summed E-state index contributed by atoms with van der Waals surface area (Å²) in [4.78, 5) is 27.2. The van der Waals surface area contributed by atoms with E-state index in [9.17, 15) is 66.2 Å². The molecule has 6 aromatic rings. The van der Waals surface area contributed by atoms with Crippen LogP contribution in [0.25, 0.3) is 55.0 Å². The van der Waals surface area contributed by atoms with E-state index in [1.165, 1.54) is 42.5 Å². The summed E-state index contributed by atoms with van der Waals surface area (Å²) in [6.07, 6.45) is 2.21. The molecule has 68 heavy (non-hydrogen) atoms. The van der Waals surface area contributed by atoms with E-state index < -0.39 is 87.9 Å². The topological polar surface area (TPSA) is 294 Å². The van der Waals surface area contributed by atoms with Crippen molar-refractivity contribution >= 4 is 87.0 Å². The van der Waals surface area contributed by atoms with Gasteiger partial charge in [0.1, 0.15) is 43.2 Å². The van der Waals surface area contributed by atoms with Crippen LogP contribution in [0.15, 0.2) is 107 Å². The molecule has 8 N–H and O–H groups in total. The SMILES string of the molecule is Cc1cc2c(c(O)c1-c1c(C)cc3c(c1O)/C(=C/Nc1c(O)cc(S(=O)(=O)[O-])c4ccccc14)C(=O)C(O)=C3C(C)C)/C(=C/Nc1c(O)ccc3c(S(=O)(=O)[O-])cccc13)C(=O)C(O)=C2C(C)C. The van der Waals surface area contributed by atoms with Crippen LogP contribution < -0.4 is 10.6 Å². The number of hydrogen-bond acceptors (Lipinski definition) is 16. The number of phenolic OH excluding ortho intramolecular Hbond substituents is 4. The Bertz CT molecular complexity index is 3500. The molecule has 0 heterocycles. The monoisotopic (exact) mass is 958 g/mol. The third-order valence-corrected chi connectivity index (χ3v) is 14.0. The number of benzene rings is 6. The minimum absolute atomic E-state index is 0.00859. The summed E-state index contributed by atoms with van der Waals surface area (Å²) in [6.45, 7) is 10.1. The number of aryl methyl sites for hydroxylation is 2. The number of aromatic hydroxyl groups is 4. The molecule has 0 unspecified atom stereocenters. The largest absolute Gasteiger partial charge is 0.744 e. The van der Waals surface area contributed by atoms with Gasteiger partial charge in [-0.1, -0.05) is 76.2 Å². The Balaban J connectivity index is 1.36. The molecular formula is C50H42N2O14S2-2. The van der Waals surface area contributed by atoms with Gasteiger partial charge in [0, 0.05) is 73.4 Å². The predicted molar refractivity (Wildman–Crippen MR) is 254 cm³/mol. The molecule has 0 saturated heterocycles. The number of nitrogens with one attached hydrogen (secondary N) is 2. The molecule has 0 aliphatic heterocycles. The molecule has 0 fully saturated rings. The first-order valence-electron chi connectivity index (χ1n) is 20.9. The fourth-order valence-corrected chi connectivity index (χ4v) is 10.7. The van der Waals surface area contributed by atoms with Crippen molar-refractivity contribution in [3.63, 3.8) is 0 Å². The second kappa shape index (κ2) is 16.6. The number of allylic oxidation sites excluding steroid dienone is 4. The number of rotatable bonds is 9. The number of Topliss-reactive ketones (excluding diaryl/α,β-unsaturated/α-hetero) is 2. The lowest BCUT2D eigenvalue weighted by Crippen LogP contribution is -2.20. The van der Waals surface area contributed by atoms with Crippen molar-refractivity contribution in [1.29, 1.82) is 0 Å². The molecule has 350 valence electrons. The zero-order chi connectivity index (χ0) is 49.6. The van der Waals surface area contributed by atoms with Crippen LogP contribution in [0.2, 0.25) is 0 Å². The summed E-state index contributed by atoms with van der Waals surface area (Å²) in [5.41, 5.74) is 0.383. The van der Waals surface area contributed by atoms with E-state index in [4.69, 9.17) is 0 Å². The van der Waals surface area contributed by atoms with Crippen LogP contribution in [0.4, 0.5) is 11.4 Å². The zero-order valence-electron chi connectivity index (χ0n) is 37.0. The van der Waals surface area contributed by atoms with Crippen LogP contribution in [-0.4, -0.2) is 68.1 Å². The van der Waals surface area contributed by atoms with Crippen molar-refractivity contribution in [2.75, 3.05) is 10.6 Å². The highest BCUT2D eigenvalue weighted by molar-refractivity contribution is 7.86. The maximum Gasteiger partial charge on any atom is 0.229 e. The molecule has 2 aliphatic rings. The minimum Gasteiger partial charge on any atom is -0.744 e. The summed E-state index contributed by atoms with van der Waals surface area (Å²) in [7, 11) is -10.0. The summed E-state index contributed by atoms with van der Waals surface area (Å²) >= 11 is 0. The standard InChI is InChI=1S/C50H44N2O14S2/c1-21(2)37-29-16-23(5)39(47(57)41(29)31(45(55)49(37)59)19-51-43-28-12-9-13-35(67(61,62)63)26(28)14-15-33(43)53)40-24(6)17-30-38(22(3)4)50(60)46(56)32(42(30)48(40)58)20-52-44-27-11-8-7-10-25(27)36(18-34(44)54)68(64,65)66/h7-22,51-54,57-60H,1-6H3,(H,61,62,63)(H,64,65,66)/p-2/b31-19-,32-20-. The normalized spacial score (nSPS) is 15.6. The molecule has 0 saturated carbocycles. The Hall–Kier alpha value is -7.64. The van der Waals surface area contributed by atoms with E-state index in [0.29, 0.717) is 11.1 Å². The van der Waals surface area contributed by atoms with E-state index in [0.717, 1.165) is 30.6 Å². The Labute approximate surface area is 389 Å². The van der Waals surface area contributed by atoms with Gasteiger partial charge in [0.2, 0.25) is 11.6 Å². The average molecular weight is 959 g/mol. The zero-order valence-corrected chi connectivity index (χ0v) is 38.6. The highest BCUT2D eigenvalue weighted by Gasteiger charge is 2.39. The maximum absolute atomic E-state index is 14.2. The minimum atomic E-state index is -5.06. The molecule has 18 heteroatoms. The second-order valence-corrected chi connectivity index (χ2v) is 19.8. The fourth-order valence-electron chi connectivity index (χ4n) is 9.29. The Morgan fingerprint density at radius 1 is 0.515 bits per heavy atom. The van der Waals surface area contributed by atoms with Gasteiger partial charge < -0.3 is 50.4 Å². The lowest BCUT2D eigenvalue weighted by Gasteiger charge is -2.29. The average Bonchev–Trinajstić information content (AvgIpc) is 3.25. The van der Waals surface area contributed by atoms with Crippen LogP contribution in [0, 0.1) is 25.7 Å². The second-order valence-electron chi connectivity index (χ2n) is 17.1. The molecule has 0 spiro atoms. The number of hydrogen-bond donors (Lipinski definition) is 8. The van der Waals surface area contributed by atoms with E-state index in [1.807, 2.05) is 0 Å². The molecular weight excluding hydrogens is 917 g/mol. The van der Waals surface area contributed by atoms with Gasteiger partial charge in [0.05, 0.1) is 32.3 Å². The van der Waals surface area contributed by atoms with Crippen molar-refractivity contribution in [2.24, 2.45) is 11.8 Å². The first-order chi connectivity index (χ1) is 31.9. The van der Waals surface area contributed by atoms with Gasteiger partial charge in [-0.15, -0.1) is 0 Å².